The summed E-state index contributed by atoms with van der Waals surface area (Å²) >= 11 is 1.37. The maximum Gasteiger partial charge on any atom is 0.265 e. The smallest absolute Gasteiger partial charge is 0.265 e. The van der Waals surface area contributed by atoms with Gasteiger partial charge in [0.2, 0.25) is 5.91 Å². The van der Waals surface area contributed by atoms with Crippen molar-refractivity contribution in [2.24, 2.45) is 10.8 Å². The third-order valence-corrected chi connectivity index (χ3v) is 4.83. The number of rotatable bonds is 4. The van der Waals surface area contributed by atoms with Crippen LogP contribution in [0, 0.1) is 5.82 Å². The Hall–Kier alpha value is -2.61. The number of hydrogen-bond acceptors (Lipinski definition) is 5. The Morgan fingerprint density at radius 2 is 2.29 bits per heavy atom. The highest BCUT2D eigenvalue weighted by Crippen LogP contribution is 2.30. The van der Waals surface area contributed by atoms with Crippen molar-refractivity contribution in [3.8, 4) is 0 Å². The number of carbonyl (C=O) groups excluding carboxylic acids is 2. The van der Waals surface area contributed by atoms with Crippen LogP contribution in [0.4, 0.5) is 4.39 Å². The van der Waals surface area contributed by atoms with E-state index >= 15 is 0 Å². The molecule has 2 N–H and O–H groups in total. The van der Waals surface area contributed by atoms with E-state index in [-0.39, 0.29) is 23.9 Å². The normalized spacial score (nSPS) is 17.8. The van der Waals surface area contributed by atoms with Gasteiger partial charge in [0.05, 0.1) is 5.92 Å². The van der Waals surface area contributed by atoms with Gasteiger partial charge in [0.1, 0.15) is 16.5 Å². The van der Waals surface area contributed by atoms with Crippen LogP contribution in [0.1, 0.15) is 27.8 Å². The molecule has 2 aromatic rings. The molecule has 1 aromatic carbocycles. The molecular weight excluding hydrogens is 331 g/mol. The zero-order valence-electron chi connectivity index (χ0n) is 12.9. The summed E-state index contributed by atoms with van der Waals surface area (Å²) in [6.45, 7) is 0. The highest BCUT2D eigenvalue weighted by atomic mass is 32.1. The predicted molar refractivity (Wildman–Crippen MR) is 88.1 cm³/mol. The van der Waals surface area contributed by atoms with Gasteiger partial charge in [-0.25, -0.2) is 14.4 Å². The number of nitrogens with zero attached hydrogens (tertiary/aromatic N) is 3. The van der Waals surface area contributed by atoms with Crippen LogP contribution in [-0.2, 0) is 16.0 Å². The summed E-state index contributed by atoms with van der Waals surface area (Å²) in [5.74, 6) is -1.69. The number of amides is 2. The molecule has 0 radical (unpaired) electrons. The molecule has 8 heteroatoms. The summed E-state index contributed by atoms with van der Waals surface area (Å²) in [4.78, 5) is 28.7. The van der Waals surface area contributed by atoms with Crippen LogP contribution in [0.25, 0.3) is 0 Å². The van der Waals surface area contributed by atoms with Crippen molar-refractivity contribution in [3.05, 3.63) is 51.7 Å². The molecule has 2 heterocycles. The molecule has 1 aliphatic heterocycles. The largest absolute Gasteiger partial charge is 0.364 e. The SMILES string of the molecule is CN1N=C(C(N)=O)C(c2ncc(Cc3cccc(F)c3)s2)CC1=O. The van der Waals surface area contributed by atoms with Crippen LogP contribution in [0.2, 0.25) is 0 Å². The lowest BCUT2D eigenvalue weighted by Crippen LogP contribution is -2.39. The monoisotopic (exact) mass is 346 g/mol. The number of hydrazone groups is 1. The Labute approximate surface area is 141 Å². The highest BCUT2D eigenvalue weighted by Gasteiger charge is 2.33. The summed E-state index contributed by atoms with van der Waals surface area (Å²) in [5, 5.41) is 5.70. The number of halogens is 1. The number of thiazole rings is 1. The Balaban J connectivity index is 1.85. The number of carbonyl (C=O) groups is 2. The molecule has 0 spiro atoms. The predicted octanol–water partition coefficient (Wildman–Crippen LogP) is 1.66. The molecule has 1 aromatic heterocycles. The first-order valence-electron chi connectivity index (χ1n) is 7.28. The van der Waals surface area contributed by atoms with Crippen LogP contribution in [0.15, 0.2) is 35.6 Å². The van der Waals surface area contributed by atoms with Gasteiger partial charge in [0.25, 0.3) is 5.91 Å². The number of nitrogens with two attached hydrogens (primary N) is 1. The van der Waals surface area contributed by atoms with Crippen LogP contribution >= 0.6 is 11.3 Å². The minimum absolute atomic E-state index is 0.102. The Morgan fingerprint density at radius 3 is 3.00 bits per heavy atom. The molecule has 0 aliphatic carbocycles. The van der Waals surface area contributed by atoms with Gasteiger partial charge in [0.15, 0.2) is 0 Å². The second-order valence-corrected chi connectivity index (χ2v) is 6.64. The summed E-state index contributed by atoms with van der Waals surface area (Å²) in [7, 11) is 1.48. The van der Waals surface area contributed by atoms with Crippen molar-refractivity contribution in [2.75, 3.05) is 7.05 Å². The first-order chi connectivity index (χ1) is 11.4. The fourth-order valence-corrected chi connectivity index (χ4v) is 3.58. The average molecular weight is 346 g/mol. The van der Waals surface area contributed by atoms with Gasteiger partial charge < -0.3 is 5.73 Å². The molecule has 0 bridgehead atoms. The lowest BCUT2D eigenvalue weighted by Gasteiger charge is -2.24. The molecule has 1 atom stereocenters. The fraction of sp³-hybridized carbons (Fsp3) is 0.250. The Morgan fingerprint density at radius 1 is 1.50 bits per heavy atom. The van der Waals surface area contributed by atoms with Crippen molar-refractivity contribution in [3.63, 3.8) is 0 Å². The van der Waals surface area contributed by atoms with Crippen molar-refractivity contribution in [1.82, 2.24) is 9.99 Å². The standard InChI is InChI=1S/C16H15FN4O2S/c1-21-13(22)7-12(14(20-21)15(18)23)16-19-8-11(24-16)6-9-3-2-4-10(17)5-9/h2-5,8,12H,6-7H2,1H3,(H2,18,23). The highest BCUT2D eigenvalue weighted by molar-refractivity contribution is 7.11. The van der Waals surface area contributed by atoms with E-state index < -0.39 is 11.8 Å². The van der Waals surface area contributed by atoms with Crippen LogP contribution in [-0.4, -0.2) is 34.6 Å². The van der Waals surface area contributed by atoms with Gasteiger partial charge in [0, 0.05) is 31.0 Å². The minimum Gasteiger partial charge on any atom is -0.364 e. The zero-order chi connectivity index (χ0) is 17.3. The van der Waals surface area contributed by atoms with Crippen molar-refractivity contribution < 1.29 is 14.0 Å². The molecule has 0 fully saturated rings. The molecule has 124 valence electrons. The second kappa shape index (κ2) is 6.48. The maximum atomic E-state index is 13.3. The van der Waals surface area contributed by atoms with Crippen LogP contribution < -0.4 is 5.73 Å². The molecule has 0 saturated heterocycles. The average Bonchev–Trinajstić information content (AvgIpc) is 2.97. The van der Waals surface area contributed by atoms with Gasteiger partial charge in [-0.2, -0.15) is 5.10 Å². The summed E-state index contributed by atoms with van der Waals surface area (Å²) < 4.78 is 13.3. The topological polar surface area (TPSA) is 88.7 Å². The van der Waals surface area contributed by atoms with E-state index in [0.717, 1.165) is 15.4 Å². The quantitative estimate of drug-likeness (QED) is 0.913. The first kappa shape index (κ1) is 16.3. The van der Waals surface area contributed by atoms with Crippen LogP contribution in [0.5, 0.6) is 0 Å². The summed E-state index contributed by atoms with van der Waals surface area (Å²) in [6, 6.07) is 6.34. The minimum atomic E-state index is -0.666. The van der Waals surface area contributed by atoms with E-state index in [2.05, 4.69) is 10.1 Å². The summed E-state index contributed by atoms with van der Waals surface area (Å²) in [5.41, 5.74) is 6.33. The van der Waals surface area contributed by atoms with E-state index in [1.165, 1.54) is 30.5 Å². The Bertz CT molecular complexity index is 833. The third kappa shape index (κ3) is 3.33. The maximum absolute atomic E-state index is 13.3. The van der Waals surface area contributed by atoms with Crippen molar-refractivity contribution in [2.45, 2.75) is 18.8 Å². The molecule has 3 rings (SSSR count). The lowest BCUT2D eigenvalue weighted by molar-refractivity contribution is -0.130. The van der Waals surface area contributed by atoms with E-state index in [0.29, 0.717) is 11.4 Å². The molecule has 2 amide bonds. The van der Waals surface area contributed by atoms with Gasteiger partial charge >= 0.3 is 0 Å². The van der Waals surface area contributed by atoms with E-state index in [4.69, 9.17) is 5.73 Å². The van der Waals surface area contributed by atoms with E-state index in [9.17, 15) is 14.0 Å². The second-order valence-electron chi connectivity index (χ2n) is 5.50. The van der Waals surface area contributed by atoms with Crippen molar-refractivity contribution >= 4 is 28.9 Å². The van der Waals surface area contributed by atoms with Gasteiger partial charge in [-0.1, -0.05) is 12.1 Å². The number of aromatic nitrogens is 1. The van der Waals surface area contributed by atoms with Gasteiger partial charge in [-0.3, -0.25) is 9.59 Å². The summed E-state index contributed by atoms with van der Waals surface area (Å²) in [6.07, 6.45) is 2.30. The molecule has 24 heavy (non-hydrogen) atoms. The Kier molecular flexibility index (Phi) is 4.39. The first-order valence-corrected chi connectivity index (χ1v) is 8.09. The number of hydrogen-bond donors (Lipinski definition) is 1. The zero-order valence-corrected chi connectivity index (χ0v) is 13.7. The third-order valence-electron chi connectivity index (χ3n) is 3.72. The van der Waals surface area contributed by atoms with Gasteiger partial charge in [-0.05, 0) is 17.7 Å². The van der Waals surface area contributed by atoms with Gasteiger partial charge in [-0.15, -0.1) is 11.3 Å². The van der Waals surface area contributed by atoms with Crippen molar-refractivity contribution in [1.29, 1.82) is 0 Å². The molecule has 0 saturated carbocycles. The molecule has 1 unspecified atom stereocenters. The molecular formula is C16H15FN4O2S. The number of primary amides is 1. The fourth-order valence-electron chi connectivity index (χ4n) is 2.53. The van der Waals surface area contributed by atoms with Crippen LogP contribution in [0.3, 0.4) is 0 Å². The molecule has 6 nitrogen and oxygen atoms in total. The van der Waals surface area contributed by atoms with E-state index in [1.807, 2.05) is 6.07 Å². The van der Waals surface area contributed by atoms with E-state index in [1.54, 1.807) is 12.3 Å². The number of benzene rings is 1. The molecule has 1 aliphatic rings. The lowest BCUT2D eigenvalue weighted by atomic mass is 9.97.